The van der Waals surface area contributed by atoms with Crippen LogP contribution in [0.15, 0.2) is 18.2 Å². The maximum Gasteiger partial charge on any atom is 0.226 e. The molecule has 0 aliphatic rings. The lowest BCUT2D eigenvalue weighted by Gasteiger charge is -2.14. The van der Waals surface area contributed by atoms with Gasteiger partial charge in [0.05, 0.1) is 33.8 Å². The van der Waals surface area contributed by atoms with Crippen LogP contribution >= 0.6 is 11.3 Å². The molecule has 0 radical (unpaired) electrons. The van der Waals surface area contributed by atoms with E-state index < -0.39 is 0 Å². The Hall–Kier alpha value is -2.94. The summed E-state index contributed by atoms with van der Waals surface area (Å²) in [6.45, 7) is 0.586. The second-order valence-electron chi connectivity index (χ2n) is 5.29. The van der Waals surface area contributed by atoms with E-state index in [9.17, 15) is 0 Å². The zero-order valence-electron chi connectivity index (χ0n) is 15.0. The first-order valence-electron chi connectivity index (χ1n) is 7.73. The fourth-order valence-corrected chi connectivity index (χ4v) is 3.54. The zero-order chi connectivity index (χ0) is 18.7. The van der Waals surface area contributed by atoms with Crippen molar-refractivity contribution in [3.05, 3.63) is 23.1 Å². The van der Waals surface area contributed by atoms with Gasteiger partial charge in [-0.15, -0.1) is 11.3 Å². The molecular formula is C17H20N4O4S. The van der Waals surface area contributed by atoms with Gasteiger partial charge in [0, 0.05) is 29.2 Å². The van der Waals surface area contributed by atoms with Gasteiger partial charge in [0.2, 0.25) is 17.6 Å². The van der Waals surface area contributed by atoms with Crippen molar-refractivity contribution in [1.29, 1.82) is 0 Å². The minimum atomic E-state index is 0.195. The van der Waals surface area contributed by atoms with Crippen molar-refractivity contribution in [3.8, 4) is 23.1 Å². The first-order chi connectivity index (χ1) is 12.6. The van der Waals surface area contributed by atoms with Gasteiger partial charge in [-0.25, -0.2) is 4.98 Å². The first kappa shape index (κ1) is 17.9. The SMILES string of the molecule is COc1cc(NCc2cc3c(OC)nc(N)nc3s2)cc(OC)c1OC. The molecule has 0 atom stereocenters. The summed E-state index contributed by atoms with van der Waals surface area (Å²) in [5.74, 6) is 2.40. The number of thiophene rings is 1. The number of ether oxygens (including phenoxy) is 4. The molecule has 2 heterocycles. The average molecular weight is 376 g/mol. The summed E-state index contributed by atoms with van der Waals surface area (Å²) in [6, 6.07) is 5.70. The molecule has 0 saturated carbocycles. The third kappa shape index (κ3) is 3.38. The highest BCUT2D eigenvalue weighted by molar-refractivity contribution is 7.18. The Morgan fingerprint density at radius 2 is 1.65 bits per heavy atom. The van der Waals surface area contributed by atoms with Gasteiger partial charge in [-0.05, 0) is 6.07 Å². The van der Waals surface area contributed by atoms with E-state index in [4.69, 9.17) is 24.7 Å². The molecule has 0 fully saturated rings. The van der Waals surface area contributed by atoms with Crippen molar-refractivity contribution in [2.45, 2.75) is 6.54 Å². The highest BCUT2D eigenvalue weighted by Crippen LogP contribution is 2.40. The Bertz CT molecular complexity index is 904. The predicted molar refractivity (Wildman–Crippen MR) is 102 cm³/mol. The number of nitrogens with two attached hydrogens (primary N) is 1. The molecule has 26 heavy (non-hydrogen) atoms. The third-order valence-electron chi connectivity index (χ3n) is 3.75. The van der Waals surface area contributed by atoms with Crippen LogP contribution < -0.4 is 30.0 Å². The molecule has 0 amide bonds. The summed E-state index contributed by atoms with van der Waals surface area (Å²) in [6.07, 6.45) is 0. The quantitative estimate of drug-likeness (QED) is 0.649. The topological polar surface area (TPSA) is 101 Å². The summed E-state index contributed by atoms with van der Waals surface area (Å²) in [5, 5.41) is 4.19. The third-order valence-corrected chi connectivity index (χ3v) is 4.78. The maximum atomic E-state index is 5.71. The van der Waals surface area contributed by atoms with Gasteiger partial charge in [-0.2, -0.15) is 4.98 Å². The number of rotatable bonds is 7. The van der Waals surface area contributed by atoms with Gasteiger partial charge < -0.3 is 30.0 Å². The molecule has 1 aromatic carbocycles. The van der Waals surface area contributed by atoms with Gasteiger partial charge in [0.25, 0.3) is 0 Å². The van der Waals surface area contributed by atoms with Crippen LogP contribution in [0.2, 0.25) is 0 Å². The van der Waals surface area contributed by atoms with Crippen LogP contribution in [-0.4, -0.2) is 38.4 Å². The van der Waals surface area contributed by atoms with E-state index in [1.165, 1.54) is 11.3 Å². The minimum Gasteiger partial charge on any atom is -0.493 e. The summed E-state index contributed by atoms with van der Waals surface area (Å²) < 4.78 is 21.4. The second-order valence-corrected chi connectivity index (χ2v) is 6.41. The van der Waals surface area contributed by atoms with Crippen LogP contribution in [-0.2, 0) is 6.54 Å². The number of nitrogen functional groups attached to an aromatic ring is 1. The van der Waals surface area contributed by atoms with Crippen LogP contribution in [0.25, 0.3) is 10.2 Å². The van der Waals surface area contributed by atoms with Gasteiger partial charge in [-0.3, -0.25) is 0 Å². The van der Waals surface area contributed by atoms with Crippen molar-refractivity contribution in [1.82, 2.24) is 9.97 Å². The van der Waals surface area contributed by atoms with Crippen LogP contribution in [0, 0.1) is 0 Å². The monoisotopic (exact) mass is 376 g/mol. The highest BCUT2D eigenvalue weighted by atomic mass is 32.1. The van der Waals surface area contributed by atoms with E-state index in [0.29, 0.717) is 29.7 Å². The summed E-state index contributed by atoms with van der Waals surface area (Å²) in [4.78, 5) is 10.2. The number of hydrogen-bond acceptors (Lipinski definition) is 9. The normalized spacial score (nSPS) is 10.6. The molecule has 2 aromatic heterocycles. The number of nitrogens with zero attached hydrogens (tertiary/aromatic N) is 2. The number of benzene rings is 1. The van der Waals surface area contributed by atoms with Gasteiger partial charge in [0.1, 0.15) is 4.83 Å². The molecule has 0 bridgehead atoms. The second kappa shape index (κ2) is 7.52. The largest absolute Gasteiger partial charge is 0.493 e. The van der Waals surface area contributed by atoms with Gasteiger partial charge in [0.15, 0.2) is 11.5 Å². The Morgan fingerprint density at radius 3 is 2.23 bits per heavy atom. The van der Waals surface area contributed by atoms with Crippen LogP contribution in [0.1, 0.15) is 4.88 Å². The zero-order valence-corrected chi connectivity index (χ0v) is 15.8. The average Bonchev–Trinajstić information content (AvgIpc) is 3.07. The molecule has 0 aliphatic heterocycles. The van der Waals surface area contributed by atoms with Crippen LogP contribution in [0.5, 0.6) is 23.1 Å². The van der Waals surface area contributed by atoms with E-state index in [0.717, 1.165) is 20.8 Å². The van der Waals surface area contributed by atoms with Gasteiger partial charge >= 0.3 is 0 Å². The smallest absolute Gasteiger partial charge is 0.226 e. The fourth-order valence-electron chi connectivity index (χ4n) is 2.58. The summed E-state index contributed by atoms with van der Waals surface area (Å²) in [7, 11) is 6.31. The molecule has 0 aliphatic carbocycles. The van der Waals surface area contributed by atoms with Crippen LogP contribution in [0.4, 0.5) is 11.6 Å². The van der Waals surface area contributed by atoms with E-state index in [2.05, 4.69) is 15.3 Å². The minimum absolute atomic E-state index is 0.195. The summed E-state index contributed by atoms with van der Waals surface area (Å²) in [5.41, 5.74) is 6.56. The molecular weight excluding hydrogens is 356 g/mol. The maximum absolute atomic E-state index is 5.71. The van der Waals surface area contributed by atoms with E-state index in [1.54, 1.807) is 28.4 Å². The summed E-state index contributed by atoms with van der Waals surface area (Å²) >= 11 is 1.53. The molecule has 8 nitrogen and oxygen atoms in total. The Labute approximate surface area is 154 Å². The number of aromatic nitrogens is 2. The number of fused-ring (bicyclic) bond motifs is 1. The van der Waals surface area contributed by atoms with E-state index in [1.807, 2.05) is 18.2 Å². The highest BCUT2D eigenvalue weighted by Gasteiger charge is 2.14. The number of nitrogens with one attached hydrogen (secondary N) is 1. The Balaban J connectivity index is 1.86. The number of hydrogen-bond donors (Lipinski definition) is 2. The van der Waals surface area contributed by atoms with Crippen molar-refractivity contribution in [2.24, 2.45) is 0 Å². The van der Waals surface area contributed by atoms with E-state index >= 15 is 0 Å². The number of anilines is 2. The molecule has 0 saturated heterocycles. The predicted octanol–water partition coefficient (Wildman–Crippen LogP) is 2.92. The first-order valence-corrected chi connectivity index (χ1v) is 8.55. The van der Waals surface area contributed by atoms with Crippen molar-refractivity contribution in [3.63, 3.8) is 0 Å². The molecule has 138 valence electrons. The Kier molecular flexibility index (Phi) is 5.17. The number of methoxy groups -OCH3 is 4. The van der Waals surface area contributed by atoms with Crippen LogP contribution in [0.3, 0.4) is 0 Å². The lowest BCUT2D eigenvalue weighted by Crippen LogP contribution is -2.00. The molecule has 3 rings (SSSR count). The lowest BCUT2D eigenvalue weighted by molar-refractivity contribution is 0.324. The molecule has 0 spiro atoms. The fraction of sp³-hybridized carbons (Fsp3) is 0.294. The van der Waals surface area contributed by atoms with Crippen molar-refractivity contribution >= 4 is 33.2 Å². The Morgan fingerprint density at radius 1 is 0.962 bits per heavy atom. The van der Waals surface area contributed by atoms with Gasteiger partial charge in [-0.1, -0.05) is 0 Å². The van der Waals surface area contributed by atoms with Crippen molar-refractivity contribution < 1.29 is 18.9 Å². The molecule has 3 N–H and O–H groups in total. The standard InChI is InChI=1S/C17H20N4O4S/c1-22-12-5-9(6-13(23-2)14(12)24-3)19-8-10-7-11-15(25-4)20-17(18)21-16(11)26-10/h5-7,19H,8H2,1-4H3,(H2,18,20,21). The molecule has 3 aromatic rings. The lowest BCUT2D eigenvalue weighted by atomic mass is 10.2. The molecule has 9 heteroatoms. The van der Waals surface area contributed by atoms with Crippen molar-refractivity contribution in [2.75, 3.05) is 39.5 Å². The van der Waals surface area contributed by atoms with E-state index in [-0.39, 0.29) is 5.95 Å². The molecule has 0 unspecified atom stereocenters.